The van der Waals surface area contributed by atoms with Gasteiger partial charge in [0.2, 0.25) is 0 Å². The van der Waals surface area contributed by atoms with Crippen LogP contribution in [0.4, 0.5) is 4.79 Å². The Morgan fingerprint density at radius 1 is 1.32 bits per heavy atom. The Balaban J connectivity index is 1.92. The van der Waals surface area contributed by atoms with Gasteiger partial charge in [-0.2, -0.15) is 5.26 Å². The van der Waals surface area contributed by atoms with Crippen LogP contribution in [-0.2, 0) is 16.1 Å². The largest absolute Gasteiger partial charge is 0.444 e. The number of likely N-dealkylation sites (tertiary alicyclic amines) is 1. The first-order valence-corrected chi connectivity index (χ1v) is 8.88. The van der Waals surface area contributed by atoms with Crippen LogP contribution in [0, 0.1) is 11.3 Å². The van der Waals surface area contributed by atoms with Crippen LogP contribution in [0.5, 0.6) is 0 Å². The fraction of sp³-hybridized carbons (Fsp3) is 0.600. The van der Waals surface area contributed by atoms with Gasteiger partial charge in [-0.15, -0.1) is 0 Å². The molecule has 0 aromatic heterocycles. The highest BCUT2D eigenvalue weighted by Gasteiger charge is 2.36. The van der Waals surface area contributed by atoms with Gasteiger partial charge in [0.25, 0.3) is 0 Å². The summed E-state index contributed by atoms with van der Waals surface area (Å²) in [7, 11) is 0. The Hall–Kier alpha value is -2.06. The van der Waals surface area contributed by atoms with E-state index in [-0.39, 0.29) is 11.7 Å². The van der Waals surface area contributed by atoms with Gasteiger partial charge in [-0.1, -0.05) is 19.1 Å². The van der Waals surface area contributed by atoms with Gasteiger partial charge in [-0.05, 0) is 57.7 Å². The van der Waals surface area contributed by atoms with Gasteiger partial charge < -0.3 is 14.4 Å². The van der Waals surface area contributed by atoms with Crippen LogP contribution in [0.1, 0.15) is 58.1 Å². The number of carbonyl (C=O) groups excluding carboxylic acids is 1. The number of piperidine rings is 1. The molecule has 0 radical (unpaired) electrons. The van der Waals surface area contributed by atoms with Crippen molar-refractivity contribution in [1.82, 2.24) is 4.90 Å². The van der Waals surface area contributed by atoms with E-state index < -0.39 is 5.60 Å². The number of nitrogens with zero attached hydrogens (tertiary/aromatic N) is 2. The lowest BCUT2D eigenvalue weighted by molar-refractivity contribution is -0.0954. The number of benzene rings is 1. The average molecular weight is 344 g/mol. The molecule has 1 aliphatic rings. The molecule has 1 heterocycles. The number of hydrogen-bond donors (Lipinski definition) is 0. The minimum absolute atomic E-state index is 0.221. The van der Waals surface area contributed by atoms with Crippen LogP contribution in [0.2, 0.25) is 0 Å². The molecule has 0 unspecified atom stereocenters. The smallest absolute Gasteiger partial charge is 0.410 e. The lowest BCUT2D eigenvalue weighted by Gasteiger charge is -2.41. The lowest BCUT2D eigenvalue weighted by atomic mass is 9.88. The summed E-state index contributed by atoms with van der Waals surface area (Å²) in [6, 6.07) is 9.65. The molecule has 5 heteroatoms. The second-order valence-corrected chi connectivity index (χ2v) is 7.60. The summed E-state index contributed by atoms with van der Waals surface area (Å²) in [6.07, 6.45) is 2.23. The van der Waals surface area contributed by atoms with E-state index in [0.29, 0.717) is 25.3 Å². The molecule has 0 spiro atoms. The zero-order valence-corrected chi connectivity index (χ0v) is 15.7. The molecule has 1 aromatic carbocycles. The highest BCUT2D eigenvalue weighted by Crippen LogP contribution is 2.31. The Kier molecular flexibility index (Phi) is 6.07. The van der Waals surface area contributed by atoms with Crippen molar-refractivity contribution in [3.8, 4) is 6.07 Å². The van der Waals surface area contributed by atoms with Crippen molar-refractivity contribution in [2.45, 2.75) is 64.8 Å². The molecule has 5 nitrogen and oxygen atoms in total. The molecular weight excluding hydrogens is 316 g/mol. The van der Waals surface area contributed by atoms with Crippen molar-refractivity contribution in [1.29, 1.82) is 5.26 Å². The molecule has 1 fully saturated rings. The van der Waals surface area contributed by atoms with Crippen LogP contribution < -0.4 is 0 Å². The first kappa shape index (κ1) is 19.3. The number of rotatable bonds is 4. The second kappa shape index (κ2) is 7.88. The predicted molar refractivity (Wildman–Crippen MR) is 96.0 cm³/mol. The summed E-state index contributed by atoms with van der Waals surface area (Å²) in [5.41, 5.74) is 0.951. The van der Waals surface area contributed by atoms with Gasteiger partial charge in [0.1, 0.15) is 5.60 Å². The Morgan fingerprint density at radius 3 is 2.56 bits per heavy atom. The van der Waals surface area contributed by atoms with E-state index in [0.717, 1.165) is 24.8 Å². The molecule has 136 valence electrons. The van der Waals surface area contributed by atoms with Crippen LogP contribution in [0.15, 0.2) is 24.3 Å². The fourth-order valence-corrected chi connectivity index (χ4v) is 2.99. The first-order valence-electron chi connectivity index (χ1n) is 8.88. The molecule has 0 N–H and O–H groups in total. The Bertz CT molecular complexity index is 635. The quantitative estimate of drug-likeness (QED) is 0.819. The highest BCUT2D eigenvalue weighted by molar-refractivity contribution is 5.68. The molecule has 0 bridgehead atoms. The monoisotopic (exact) mass is 344 g/mol. The summed E-state index contributed by atoms with van der Waals surface area (Å²) < 4.78 is 11.7. The number of carbonyl (C=O) groups is 1. The fourth-order valence-electron chi connectivity index (χ4n) is 2.99. The third-order valence-corrected chi connectivity index (χ3v) is 4.57. The molecule has 0 atom stereocenters. The van der Waals surface area contributed by atoms with Crippen molar-refractivity contribution in [2.75, 3.05) is 13.1 Å². The van der Waals surface area contributed by atoms with Gasteiger partial charge in [-0.3, -0.25) is 0 Å². The zero-order chi connectivity index (χ0) is 18.5. The van der Waals surface area contributed by atoms with Crippen LogP contribution in [-0.4, -0.2) is 35.3 Å². The molecule has 1 aromatic rings. The molecule has 1 amide bonds. The maximum atomic E-state index is 12.2. The van der Waals surface area contributed by atoms with E-state index >= 15 is 0 Å². The topological polar surface area (TPSA) is 62.6 Å². The van der Waals surface area contributed by atoms with Crippen molar-refractivity contribution >= 4 is 6.09 Å². The maximum Gasteiger partial charge on any atom is 0.410 e. The third-order valence-electron chi connectivity index (χ3n) is 4.57. The Labute approximate surface area is 150 Å². The van der Waals surface area contributed by atoms with Crippen LogP contribution >= 0.6 is 0 Å². The summed E-state index contributed by atoms with van der Waals surface area (Å²) in [5.74, 6) is 0. The van der Waals surface area contributed by atoms with Crippen molar-refractivity contribution in [3.63, 3.8) is 0 Å². The number of amides is 1. The zero-order valence-electron chi connectivity index (χ0n) is 15.7. The number of ether oxygens (including phenoxy) is 2. The summed E-state index contributed by atoms with van der Waals surface area (Å²) >= 11 is 0. The van der Waals surface area contributed by atoms with Crippen molar-refractivity contribution in [2.24, 2.45) is 0 Å². The summed E-state index contributed by atoms with van der Waals surface area (Å²) in [4.78, 5) is 14.0. The van der Waals surface area contributed by atoms with Crippen molar-refractivity contribution < 1.29 is 14.3 Å². The molecule has 1 aliphatic heterocycles. The Morgan fingerprint density at radius 2 is 2.00 bits per heavy atom. The molecular formula is C20H28N2O3. The minimum Gasteiger partial charge on any atom is -0.444 e. The molecule has 2 rings (SSSR count). The van der Waals surface area contributed by atoms with Gasteiger partial charge in [-0.25, -0.2) is 4.79 Å². The van der Waals surface area contributed by atoms with Crippen LogP contribution in [0.3, 0.4) is 0 Å². The molecule has 25 heavy (non-hydrogen) atoms. The van der Waals surface area contributed by atoms with Gasteiger partial charge >= 0.3 is 6.09 Å². The van der Waals surface area contributed by atoms with E-state index in [2.05, 4.69) is 13.0 Å². The maximum absolute atomic E-state index is 12.2. The normalized spacial score (nSPS) is 17.0. The molecule has 1 saturated heterocycles. The minimum atomic E-state index is -0.474. The van der Waals surface area contributed by atoms with Gasteiger partial charge in [0, 0.05) is 13.1 Å². The van der Waals surface area contributed by atoms with E-state index in [9.17, 15) is 4.79 Å². The molecule has 0 aliphatic carbocycles. The second-order valence-electron chi connectivity index (χ2n) is 7.60. The summed E-state index contributed by atoms with van der Waals surface area (Å²) in [5, 5.41) is 9.00. The van der Waals surface area contributed by atoms with E-state index in [1.165, 1.54) is 0 Å². The number of nitriles is 1. The third kappa shape index (κ3) is 5.47. The molecule has 0 saturated carbocycles. The summed E-state index contributed by atoms with van der Waals surface area (Å²) in [6.45, 7) is 9.52. The van der Waals surface area contributed by atoms with E-state index in [1.807, 2.05) is 39.0 Å². The van der Waals surface area contributed by atoms with Gasteiger partial charge in [0.05, 0.1) is 23.8 Å². The van der Waals surface area contributed by atoms with E-state index in [1.54, 1.807) is 11.0 Å². The van der Waals surface area contributed by atoms with Crippen molar-refractivity contribution in [3.05, 3.63) is 35.4 Å². The SMILES string of the molecule is CCC1(OCc2cccc(C#N)c2)CCN(C(=O)OC(C)(C)C)CC1. The van der Waals surface area contributed by atoms with Gasteiger partial charge in [0.15, 0.2) is 0 Å². The predicted octanol–water partition coefficient (Wildman–Crippen LogP) is 4.25. The van der Waals surface area contributed by atoms with Crippen LogP contribution in [0.25, 0.3) is 0 Å². The average Bonchev–Trinajstić information content (AvgIpc) is 2.59. The van der Waals surface area contributed by atoms with E-state index in [4.69, 9.17) is 14.7 Å². The standard InChI is InChI=1S/C20H28N2O3/c1-5-20(24-15-17-8-6-7-16(13-17)14-21)9-11-22(12-10-20)18(23)25-19(2,3)4/h6-8,13H,5,9-12,15H2,1-4H3. The number of hydrogen-bond acceptors (Lipinski definition) is 4. The first-order chi connectivity index (χ1) is 11.8. The highest BCUT2D eigenvalue weighted by atomic mass is 16.6. The lowest BCUT2D eigenvalue weighted by Crippen LogP contribution is -2.49.